The van der Waals surface area contributed by atoms with Gasteiger partial charge >= 0.3 is 11.9 Å². The van der Waals surface area contributed by atoms with E-state index in [0.717, 1.165) is 19.3 Å². The molecule has 0 rings (SSSR count). The average molecular weight is 341 g/mol. The molecule has 4 heteroatoms. The quantitative estimate of drug-likeness (QED) is 0.229. The van der Waals surface area contributed by atoms with Gasteiger partial charge in [0.25, 0.3) is 0 Å². The number of hydrogen-bond donors (Lipinski definition) is 0. The van der Waals surface area contributed by atoms with Gasteiger partial charge in [0.1, 0.15) is 6.10 Å². The van der Waals surface area contributed by atoms with Gasteiger partial charge in [-0.2, -0.15) is 0 Å². The molecule has 0 radical (unpaired) electrons. The molecule has 0 aliphatic rings. The molecule has 0 unspecified atom stereocenters. The Balaban J connectivity index is 3.76. The summed E-state index contributed by atoms with van der Waals surface area (Å²) in [6.45, 7) is 5.74. The molecule has 140 valence electrons. The van der Waals surface area contributed by atoms with Crippen molar-refractivity contribution in [2.45, 2.75) is 97.5 Å². The van der Waals surface area contributed by atoms with E-state index < -0.39 is 0 Å². The molecular weight excluding hydrogens is 304 g/mol. The van der Waals surface area contributed by atoms with Gasteiger partial charge in [-0.1, -0.05) is 51.2 Å². The molecule has 0 saturated heterocycles. The molecule has 0 heterocycles. The van der Waals surface area contributed by atoms with Crippen LogP contribution in [-0.2, 0) is 19.1 Å². The predicted octanol–water partition coefficient (Wildman–Crippen LogP) is 5.35. The summed E-state index contributed by atoms with van der Waals surface area (Å²) < 4.78 is 10.1. The second-order valence-corrected chi connectivity index (χ2v) is 6.20. The maximum atomic E-state index is 11.5. The molecule has 0 aromatic carbocycles. The van der Waals surface area contributed by atoms with Gasteiger partial charge in [0.15, 0.2) is 0 Å². The van der Waals surface area contributed by atoms with Crippen molar-refractivity contribution in [3.05, 3.63) is 12.2 Å². The largest absolute Gasteiger partial charge is 0.466 e. The third-order valence-corrected chi connectivity index (χ3v) is 3.82. The Morgan fingerprint density at radius 3 is 2.17 bits per heavy atom. The highest BCUT2D eigenvalue weighted by atomic mass is 16.6. The van der Waals surface area contributed by atoms with Crippen LogP contribution in [0.15, 0.2) is 12.2 Å². The van der Waals surface area contributed by atoms with E-state index in [4.69, 9.17) is 9.47 Å². The predicted molar refractivity (Wildman–Crippen MR) is 97.8 cm³/mol. The zero-order valence-electron chi connectivity index (χ0n) is 15.9. The maximum Gasteiger partial charge on any atom is 0.309 e. The average Bonchev–Trinajstić information content (AvgIpc) is 2.52. The van der Waals surface area contributed by atoms with Crippen molar-refractivity contribution in [3.63, 3.8) is 0 Å². The fraction of sp³-hybridized carbons (Fsp3) is 0.800. The summed E-state index contributed by atoms with van der Waals surface area (Å²) in [6, 6.07) is 0. The zero-order valence-corrected chi connectivity index (χ0v) is 15.9. The minimum atomic E-state index is -0.367. The van der Waals surface area contributed by atoms with E-state index in [-0.39, 0.29) is 24.5 Å². The first-order valence-corrected chi connectivity index (χ1v) is 9.57. The first kappa shape index (κ1) is 22.7. The van der Waals surface area contributed by atoms with Crippen LogP contribution in [0.1, 0.15) is 91.4 Å². The minimum Gasteiger partial charge on any atom is -0.466 e. The summed E-state index contributed by atoms with van der Waals surface area (Å²) in [4.78, 5) is 22.6. The summed E-state index contributed by atoms with van der Waals surface area (Å²) in [6.07, 6.45) is 15.9. The van der Waals surface area contributed by atoms with Crippen LogP contribution in [0, 0.1) is 0 Å². The standard InChI is InChI=1S/C20H36O4/c1-4-6-7-8-9-10-11-12-13-14-15-16-19(24-18(3)21)17-20(22)23-5-2/h12-13,19H,4-11,14-17H2,1-3H3/b13-12-/t19-/m1/s1. The molecule has 0 amide bonds. The lowest BCUT2D eigenvalue weighted by Crippen LogP contribution is -2.21. The number of carbonyl (C=O) groups is 2. The van der Waals surface area contributed by atoms with E-state index in [9.17, 15) is 9.59 Å². The third-order valence-electron chi connectivity index (χ3n) is 3.82. The van der Waals surface area contributed by atoms with E-state index >= 15 is 0 Å². The van der Waals surface area contributed by atoms with Crippen LogP contribution in [0.5, 0.6) is 0 Å². The molecule has 1 atom stereocenters. The summed E-state index contributed by atoms with van der Waals surface area (Å²) in [5, 5.41) is 0. The smallest absolute Gasteiger partial charge is 0.309 e. The number of rotatable bonds is 15. The molecule has 0 spiro atoms. The van der Waals surface area contributed by atoms with Crippen LogP contribution in [0.25, 0.3) is 0 Å². The third kappa shape index (κ3) is 15.6. The number of unbranched alkanes of at least 4 members (excludes halogenated alkanes) is 7. The fourth-order valence-electron chi connectivity index (χ4n) is 2.58. The highest BCUT2D eigenvalue weighted by molar-refractivity contribution is 5.71. The van der Waals surface area contributed by atoms with Crippen molar-refractivity contribution in [2.75, 3.05) is 6.61 Å². The van der Waals surface area contributed by atoms with Crippen LogP contribution in [0.4, 0.5) is 0 Å². The normalized spacial score (nSPS) is 12.3. The highest BCUT2D eigenvalue weighted by Crippen LogP contribution is 2.12. The van der Waals surface area contributed by atoms with E-state index in [0.29, 0.717) is 13.0 Å². The van der Waals surface area contributed by atoms with Crippen molar-refractivity contribution in [1.29, 1.82) is 0 Å². The monoisotopic (exact) mass is 340 g/mol. The van der Waals surface area contributed by atoms with E-state index in [1.165, 1.54) is 45.4 Å². The molecule has 4 nitrogen and oxygen atoms in total. The van der Waals surface area contributed by atoms with Gasteiger partial charge in [-0.15, -0.1) is 0 Å². The lowest BCUT2D eigenvalue weighted by molar-refractivity contribution is -0.153. The van der Waals surface area contributed by atoms with Crippen molar-refractivity contribution >= 4 is 11.9 Å². The van der Waals surface area contributed by atoms with Crippen LogP contribution >= 0.6 is 0 Å². The number of ether oxygens (including phenoxy) is 2. The molecule has 0 fully saturated rings. The lowest BCUT2D eigenvalue weighted by Gasteiger charge is -2.15. The zero-order chi connectivity index (χ0) is 18.0. The summed E-state index contributed by atoms with van der Waals surface area (Å²) >= 11 is 0. The molecule has 0 saturated carbocycles. The molecule has 0 bridgehead atoms. The lowest BCUT2D eigenvalue weighted by atomic mass is 10.1. The van der Waals surface area contributed by atoms with E-state index in [2.05, 4.69) is 19.1 Å². The Labute approximate surface area is 148 Å². The van der Waals surface area contributed by atoms with Crippen molar-refractivity contribution in [3.8, 4) is 0 Å². The van der Waals surface area contributed by atoms with E-state index in [1.807, 2.05) is 0 Å². The van der Waals surface area contributed by atoms with Gasteiger partial charge in [-0.3, -0.25) is 9.59 Å². The van der Waals surface area contributed by atoms with Crippen molar-refractivity contribution in [1.82, 2.24) is 0 Å². The van der Waals surface area contributed by atoms with Crippen LogP contribution in [-0.4, -0.2) is 24.6 Å². The molecule has 24 heavy (non-hydrogen) atoms. The molecule has 0 aromatic rings. The SMILES string of the molecule is CCCCCCCC/C=C\CCC[C@H](CC(=O)OCC)OC(C)=O. The number of esters is 2. The van der Waals surface area contributed by atoms with Crippen LogP contribution in [0.3, 0.4) is 0 Å². The summed E-state index contributed by atoms with van der Waals surface area (Å²) in [5.74, 6) is -0.648. The van der Waals surface area contributed by atoms with Gasteiger partial charge < -0.3 is 9.47 Å². The first-order valence-electron chi connectivity index (χ1n) is 9.57. The maximum absolute atomic E-state index is 11.5. The highest BCUT2D eigenvalue weighted by Gasteiger charge is 2.17. The van der Waals surface area contributed by atoms with Crippen molar-refractivity contribution in [2.24, 2.45) is 0 Å². The number of allylic oxidation sites excluding steroid dienone is 2. The topological polar surface area (TPSA) is 52.6 Å². The van der Waals surface area contributed by atoms with Gasteiger partial charge in [-0.25, -0.2) is 0 Å². The van der Waals surface area contributed by atoms with Gasteiger partial charge in [0, 0.05) is 6.92 Å². The molecular formula is C20H36O4. The molecule has 0 N–H and O–H groups in total. The summed E-state index contributed by atoms with van der Waals surface area (Å²) in [5.41, 5.74) is 0. The van der Waals surface area contributed by atoms with Gasteiger partial charge in [0.2, 0.25) is 0 Å². The Hall–Kier alpha value is -1.32. The Morgan fingerprint density at radius 2 is 1.54 bits per heavy atom. The number of hydrogen-bond acceptors (Lipinski definition) is 4. The van der Waals surface area contributed by atoms with Gasteiger partial charge in [0.05, 0.1) is 13.0 Å². The van der Waals surface area contributed by atoms with Crippen LogP contribution < -0.4 is 0 Å². The number of carbonyl (C=O) groups excluding carboxylic acids is 2. The Morgan fingerprint density at radius 1 is 0.917 bits per heavy atom. The molecule has 0 aliphatic carbocycles. The second kappa shape index (κ2) is 16.5. The molecule has 0 aromatic heterocycles. The Bertz CT molecular complexity index is 350. The fourth-order valence-corrected chi connectivity index (χ4v) is 2.58. The summed E-state index contributed by atoms with van der Waals surface area (Å²) in [7, 11) is 0. The van der Waals surface area contributed by atoms with Crippen molar-refractivity contribution < 1.29 is 19.1 Å². The van der Waals surface area contributed by atoms with Crippen LogP contribution in [0.2, 0.25) is 0 Å². The first-order chi connectivity index (χ1) is 11.6. The Kier molecular flexibility index (Phi) is 15.6. The second-order valence-electron chi connectivity index (χ2n) is 6.20. The van der Waals surface area contributed by atoms with Gasteiger partial charge in [-0.05, 0) is 39.0 Å². The molecule has 0 aliphatic heterocycles. The van der Waals surface area contributed by atoms with E-state index in [1.54, 1.807) is 6.92 Å². The minimum absolute atomic E-state index is 0.148.